The van der Waals surface area contributed by atoms with Gasteiger partial charge in [0.2, 0.25) is 0 Å². The van der Waals surface area contributed by atoms with Gasteiger partial charge >= 0.3 is 0 Å². The van der Waals surface area contributed by atoms with E-state index in [1.165, 1.54) is 0 Å². The maximum Gasteiger partial charge on any atom is 0.0922 e. The summed E-state index contributed by atoms with van der Waals surface area (Å²) in [7, 11) is 0. The van der Waals surface area contributed by atoms with E-state index in [1.807, 2.05) is 13.8 Å². The van der Waals surface area contributed by atoms with Crippen LogP contribution in [0.1, 0.15) is 25.5 Å². The van der Waals surface area contributed by atoms with Gasteiger partial charge in [0.05, 0.1) is 25.6 Å². The highest BCUT2D eigenvalue weighted by Crippen LogP contribution is 2.39. The molecule has 0 atom stereocenters. The van der Waals surface area contributed by atoms with Crippen molar-refractivity contribution in [3.05, 3.63) is 37.9 Å². The molecule has 1 aromatic heterocycles. The molecule has 0 fully saturated rings. The van der Waals surface area contributed by atoms with Crippen LogP contribution in [0.3, 0.4) is 0 Å². The molecule has 0 unspecified atom stereocenters. The molecule has 5 heteroatoms. The fourth-order valence-electron chi connectivity index (χ4n) is 1.57. The lowest BCUT2D eigenvalue weighted by molar-refractivity contribution is 0.830. The van der Waals surface area contributed by atoms with Gasteiger partial charge in [-0.3, -0.25) is 4.98 Å². The largest absolute Gasteiger partial charge is 0.251 e. The van der Waals surface area contributed by atoms with E-state index in [2.05, 4.69) is 4.98 Å². The van der Waals surface area contributed by atoms with Crippen molar-refractivity contribution in [2.24, 2.45) is 0 Å². The van der Waals surface area contributed by atoms with Crippen LogP contribution in [-0.2, 0) is 0 Å². The van der Waals surface area contributed by atoms with Gasteiger partial charge in [-0.1, -0.05) is 60.3 Å². The van der Waals surface area contributed by atoms with Crippen LogP contribution in [0.5, 0.6) is 0 Å². The predicted molar refractivity (Wildman–Crippen MR) is 75.9 cm³/mol. The number of nitrogens with zero attached hydrogens (tertiary/aromatic N) is 1. The first-order valence-corrected chi connectivity index (χ1v) is 6.56. The van der Waals surface area contributed by atoms with Crippen LogP contribution < -0.4 is 0 Å². The van der Waals surface area contributed by atoms with Gasteiger partial charge in [-0.2, -0.15) is 0 Å². The van der Waals surface area contributed by atoms with Crippen molar-refractivity contribution in [3.8, 4) is 0 Å². The molecule has 0 saturated heterocycles. The Morgan fingerprint density at radius 1 is 0.941 bits per heavy atom. The Balaban J connectivity index is 2.90. The molecule has 0 spiro atoms. The van der Waals surface area contributed by atoms with Gasteiger partial charge < -0.3 is 0 Å². The molecule has 0 aliphatic carbocycles. The molecule has 0 radical (unpaired) electrons. The van der Waals surface area contributed by atoms with Crippen LogP contribution in [0.25, 0.3) is 10.9 Å². The van der Waals surface area contributed by atoms with Crippen molar-refractivity contribution in [2.45, 2.75) is 19.8 Å². The number of fused-ring (bicyclic) bond motifs is 1. The molecule has 0 saturated carbocycles. The highest BCUT2D eigenvalue weighted by molar-refractivity contribution is 6.50. The molecule has 1 nitrogen and oxygen atoms in total. The Kier molecular flexibility index (Phi) is 3.74. The van der Waals surface area contributed by atoms with Crippen molar-refractivity contribution >= 4 is 57.3 Å². The van der Waals surface area contributed by atoms with Gasteiger partial charge in [0, 0.05) is 11.1 Å². The first-order valence-electron chi connectivity index (χ1n) is 5.05. The van der Waals surface area contributed by atoms with E-state index < -0.39 is 0 Å². The lowest BCUT2D eigenvalue weighted by atomic mass is 10.1. The lowest BCUT2D eigenvalue weighted by Crippen LogP contribution is -1.95. The third-order valence-electron chi connectivity index (χ3n) is 2.49. The third-order valence-corrected chi connectivity index (χ3v) is 3.87. The van der Waals surface area contributed by atoms with Crippen LogP contribution in [0.2, 0.25) is 20.1 Å². The van der Waals surface area contributed by atoms with E-state index in [1.54, 1.807) is 12.1 Å². The van der Waals surface area contributed by atoms with Gasteiger partial charge in [-0.05, 0) is 18.1 Å². The Hall–Kier alpha value is -0.210. The van der Waals surface area contributed by atoms with Gasteiger partial charge in [0.25, 0.3) is 0 Å². The van der Waals surface area contributed by atoms with Gasteiger partial charge in [-0.25, -0.2) is 0 Å². The maximum absolute atomic E-state index is 6.21. The number of rotatable bonds is 1. The Bertz CT molecular complexity index is 593. The summed E-state index contributed by atoms with van der Waals surface area (Å²) >= 11 is 24.4. The van der Waals surface area contributed by atoms with Crippen LogP contribution >= 0.6 is 46.4 Å². The van der Waals surface area contributed by atoms with E-state index in [4.69, 9.17) is 46.4 Å². The molecule has 0 aliphatic rings. The molecule has 1 aromatic carbocycles. The number of hydrogen-bond acceptors (Lipinski definition) is 1. The number of benzene rings is 1. The summed E-state index contributed by atoms with van der Waals surface area (Å²) in [6, 6.07) is 3.38. The fourth-order valence-corrected chi connectivity index (χ4v) is 2.67. The topological polar surface area (TPSA) is 12.9 Å². The van der Waals surface area contributed by atoms with Crippen molar-refractivity contribution in [1.82, 2.24) is 4.98 Å². The molecular formula is C12H9Cl4N. The molecule has 0 aliphatic heterocycles. The Labute approximate surface area is 120 Å². The van der Waals surface area contributed by atoms with Crippen LogP contribution in [0.15, 0.2) is 12.1 Å². The van der Waals surface area contributed by atoms with Gasteiger partial charge in [0.1, 0.15) is 0 Å². The lowest BCUT2D eigenvalue weighted by Gasteiger charge is -2.11. The fraction of sp³-hybridized carbons (Fsp3) is 0.250. The monoisotopic (exact) mass is 307 g/mol. The second-order valence-corrected chi connectivity index (χ2v) is 5.66. The quantitative estimate of drug-likeness (QED) is 0.591. The van der Waals surface area contributed by atoms with E-state index in [0.717, 1.165) is 5.69 Å². The second kappa shape index (κ2) is 4.81. The average Bonchev–Trinajstić information content (AvgIpc) is 2.25. The summed E-state index contributed by atoms with van der Waals surface area (Å²) in [6.07, 6.45) is 0. The number of aromatic nitrogens is 1. The molecule has 90 valence electrons. The van der Waals surface area contributed by atoms with Crippen LogP contribution in [0, 0.1) is 0 Å². The molecule has 17 heavy (non-hydrogen) atoms. The minimum Gasteiger partial charge on any atom is -0.251 e. The third kappa shape index (κ3) is 2.34. The highest BCUT2D eigenvalue weighted by atomic mass is 35.5. The Morgan fingerprint density at radius 2 is 1.59 bits per heavy atom. The summed E-state index contributed by atoms with van der Waals surface area (Å²) in [5.41, 5.74) is 1.47. The highest BCUT2D eigenvalue weighted by Gasteiger charge is 2.15. The van der Waals surface area contributed by atoms with E-state index in [9.17, 15) is 0 Å². The number of halogens is 4. The number of hydrogen-bond donors (Lipinski definition) is 0. The zero-order chi connectivity index (χ0) is 12.7. The minimum absolute atomic E-state index is 0.266. The summed E-state index contributed by atoms with van der Waals surface area (Å²) < 4.78 is 0. The summed E-state index contributed by atoms with van der Waals surface area (Å²) in [4.78, 5) is 4.48. The van der Waals surface area contributed by atoms with Crippen molar-refractivity contribution in [2.75, 3.05) is 0 Å². The van der Waals surface area contributed by atoms with E-state index in [-0.39, 0.29) is 5.92 Å². The van der Waals surface area contributed by atoms with Crippen molar-refractivity contribution in [1.29, 1.82) is 0 Å². The molecule has 0 amide bonds. The smallest absolute Gasteiger partial charge is 0.0922 e. The van der Waals surface area contributed by atoms with Gasteiger partial charge in [0.15, 0.2) is 0 Å². The standard InChI is InChI=1S/C12H9Cl4N/c1-5(2)9-4-6(13)10-11(16)7(14)3-8(15)12(10)17-9/h3-5H,1-2H3. The van der Waals surface area contributed by atoms with Crippen molar-refractivity contribution in [3.63, 3.8) is 0 Å². The summed E-state index contributed by atoms with van der Waals surface area (Å²) in [6.45, 7) is 4.08. The predicted octanol–water partition coefficient (Wildman–Crippen LogP) is 5.97. The molecule has 2 rings (SSSR count). The second-order valence-electron chi connectivity index (χ2n) is 4.06. The average molecular weight is 309 g/mol. The van der Waals surface area contributed by atoms with E-state index in [0.29, 0.717) is 31.0 Å². The van der Waals surface area contributed by atoms with Crippen LogP contribution in [0.4, 0.5) is 0 Å². The zero-order valence-corrected chi connectivity index (χ0v) is 12.2. The normalized spacial score (nSPS) is 11.5. The zero-order valence-electron chi connectivity index (χ0n) is 9.19. The summed E-state index contributed by atoms with van der Waals surface area (Å²) in [5, 5.41) is 2.35. The molecule has 0 bridgehead atoms. The minimum atomic E-state index is 0.266. The SMILES string of the molecule is CC(C)c1cc(Cl)c2c(Cl)c(Cl)cc(Cl)c2n1. The maximum atomic E-state index is 6.21. The van der Waals surface area contributed by atoms with Crippen LogP contribution in [-0.4, -0.2) is 4.98 Å². The number of pyridine rings is 1. The molecule has 0 N–H and O–H groups in total. The van der Waals surface area contributed by atoms with Gasteiger partial charge in [-0.15, -0.1) is 0 Å². The molecule has 1 heterocycles. The first-order chi connectivity index (χ1) is 7.91. The molecular weight excluding hydrogens is 300 g/mol. The van der Waals surface area contributed by atoms with Crippen molar-refractivity contribution < 1.29 is 0 Å². The first kappa shape index (κ1) is 13.2. The summed E-state index contributed by atoms with van der Waals surface area (Å²) in [5.74, 6) is 0.266. The molecule has 2 aromatic rings. The van der Waals surface area contributed by atoms with E-state index >= 15 is 0 Å². The Morgan fingerprint density at radius 3 is 2.18 bits per heavy atom.